The van der Waals surface area contributed by atoms with E-state index in [0.29, 0.717) is 5.56 Å². The molecule has 0 radical (unpaired) electrons. The van der Waals surface area contributed by atoms with Crippen molar-refractivity contribution < 1.29 is 23.2 Å². The van der Waals surface area contributed by atoms with Crippen LogP contribution in [0.4, 0.5) is 24.5 Å². The highest BCUT2D eigenvalue weighted by molar-refractivity contribution is 7.09. The van der Waals surface area contributed by atoms with Crippen LogP contribution in [-0.4, -0.2) is 21.6 Å². The summed E-state index contributed by atoms with van der Waals surface area (Å²) in [6.45, 7) is -0.0887. The first kappa shape index (κ1) is 17.2. The first-order valence-corrected chi connectivity index (χ1v) is 7.33. The van der Waals surface area contributed by atoms with Crippen molar-refractivity contribution in [2.45, 2.75) is 19.2 Å². The number of nitro benzene ring substituents is 1. The number of rotatable bonds is 6. The minimum absolute atomic E-state index is 0.169. The lowest BCUT2D eigenvalue weighted by molar-refractivity contribution is -0.384. The summed E-state index contributed by atoms with van der Waals surface area (Å²) < 4.78 is 37.3. The summed E-state index contributed by atoms with van der Waals surface area (Å²) >= 11 is 0.885. The maximum Gasteiger partial charge on any atom is 0.434 e. The van der Waals surface area contributed by atoms with E-state index in [2.05, 4.69) is 10.3 Å². The van der Waals surface area contributed by atoms with Crippen molar-refractivity contribution >= 4 is 22.7 Å². The Morgan fingerprint density at radius 3 is 2.70 bits per heavy atom. The number of thiazole rings is 1. The normalized spacial score (nSPS) is 11.5. The highest BCUT2D eigenvalue weighted by Gasteiger charge is 2.33. The summed E-state index contributed by atoms with van der Waals surface area (Å²) in [6.07, 6.45) is -4.28. The summed E-state index contributed by atoms with van der Waals surface area (Å²) in [7, 11) is 0. The summed E-state index contributed by atoms with van der Waals surface area (Å²) in [4.78, 5) is 13.8. The van der Waals surface area contributed by atoms with Gasteiger partial charge in [-0.05, 0) is 17.7 Å². The Morgan fingerprint density at radius 2 is 2.13 bits per heavy atom. The van der Waals surface area contributed by atoms with Crippen LogP contribution in [-0.2, 0) is 19.2 Å². The number of nitro groups is 1. The highest BCUT2D eigenvalue weighted by Crippen LogP contribution is 2.30. The molecular weight excluding hydrogens is 335 g/mol. The van der Waals surface area contributed by atoms with Crippen LogP contribution in [0.15, 0.2) is 23.6 Å². The number of nitrogens with one attached hydrogen (secondary N) is 1. The number of aromatic nitrogens is 1. The smallest absolute Gasteiger partial charge is 0.392 e. The zero-order valence-electron chi connectivity index (χ0n) is 11.6. The van der Waals surface area contributed by atoms with E-state index < -0.39 is 16.8 Å². The fourth-order valence-electron chi connectivity index (χ4n) is 1.84. The van der Waals surface area contributed by atoms with Crippen LogP contribution >= 0.6 is 11.3 Å². The Labute approximate surface area is 132 Å². The van der Waals surface area contributed by atoms with Gasteiger partial charge in [-0.3, -0.25) is 10.1 Å². The van der Waals surface area contributed by atoms with Crippen molar-refractivity contribution in [3.63, 3.8) is 0 Å². The molecule has 0 aliphatic carbocycles. The maximum atomic E-state index is 12.4. The molecule has 1 aromatic carbocycles. The van der Waals surface area contributed by atoms with Gasteiger partial charge in [0.05, 0.1) is 16.5 Å². The molecule has 0 saturated carbocycles. The van der Waals surface area contributed by atoms with Crippen molar-refractivity contribution in [1.82, 2.24) is 4.98 Å². The molecule has 0 aliphatic rings. The van der Waals surface area contributed by atoms with Crippen molar-refractivity contribution in [2.75, 3.05) is 11.9 Å². The van der Waals surface area contributed by atoms with Crippen molar-refractivity contribution in [3.05, 3.63) is 50.0 Å². The van der Waals surface area contributed by atoms with E-state index >= 15 is 0 Å². The maximum absolute atomic E-state index is 12.4. The largest absolute Gasteiger partial charge is 0.434 e. The second-order valence-electron chi connectivity index (χ2n) is 4.57. The van der Waals surface area contributed by atoms with Crippen LogP contribution in [0, 0.1) is 10.1 Å². The van der Waals surface area contributed by atoms with Crippen LogP contribution in [0.25, 0.3) is 0 Å². The SMILES string of the molecule is O=[N+]([O-])c1ccc(CO)cc1NCCc1nc(C(F)(F)F)cs1. The molecule has 0 bridgehead atoms. The van der Waals surface area contributed by atoms with Crippen molar-refractivity contribution in [1.29, 1.82) is 0 Å². The van der Waals surface area contributed by atoms with Gasteiger partial charge in [-0.1, -0.05) is 0 Å². The average Bonchev–Trinajstić information content (AvgIpc) is 2.96. The summed E-state index contributed by atoms with van der Waals surface area (Å²) in [5, 5.41) is 24.0. The number of nitrogens with zero attached hydrogens (tertiary/aromatic N) is 2. The molecule has 0 spiro atoms. The molecule has 2 rings (SSSR count). The van der Waals surface area contributed by atoms with E-state index in [1.807, 2.05) is 0 Å². The van der Waals surface area contributed by atoms with E-state index in [-0.39, 0.29) is 36.0 Å². The molecule has 23 heavy (non-hydrogen) atoms. The van der Waals surface area contributed by atoms with Crippen LogP contribution in [0.5, 0.6) is 0 Å². The molecule has 0 fully saturated rings. The third-order valence-electron chi connectivity index (χ3n) is 2.94. The molecule has 0 amide bonds. The molecular formula is C13H12F3N3O3S. The Balaban J connectivity index is 2.03. The first-order chi connectivity index (χ1) is 10.8. The van der Waals surface area contributed by atoms with Gasteiger partial charge in [-0.15, -0.1) is 11.3 Å². The Morgan fingerprint density at radius 1 is 1.39 bits per heavy atom. The summed E-state index contributed by atoms with van der Waals surface area (Å²) in [5.74, 6) is 0. The molecule has 0 saturated heterocycles. The second kappa shape index (κ2) is 6.92. The topological polar surface area (TPSA) is 88.3 Å². The predicted octanol–water partition coefficient (Wildman–Crippen LogP) is 3.22. The molecule has 1 aromatic heterocycles. The molecule has 0 unspecified atom stereocenters. The van der Waals surface area contributed by atoms with Gasteiger partial charge in [0.2, 0.25) is 0 Å². The number of benzene rings is 1. The number of aliphatic hydroxyl groups is 1. The number of alkyl halides is 3. The number of hydrogen-bond acceptors (Lipinski definition) is 6. The lowest BCUT2D eigenvalue weighted by Crippen LogP contribution is -2.09. The number of anilines is 1. The van der Waals surface area contributed by atoms with Gasteiger partial charge in [0.25, 0.3) is 5.69 Å². The van der Waals surface area contributed by atoms with E-state index in [9.17, 15) is 23.3 Å². The minimum Gasteiger partial charge on any atom is -0.392 e. The molecule has 10 heteroatoms. The Kier molecular flexibility index (Phi) is 5.16. The molecule has 0 aliphatic heterocycles. The van der Waals surface area contributed by atoms with Crippen molar-refractivity contribution in [3.8, 4) is 0 Å². The van der Waals surface area contributed by atoms with Gasteiger partial charge in [0, 0.05) is 24.4 Å². The van der Waals surface area contributed by atoms with E-state index in [4.69, 9.17) is 5.11 Å². The van der Waals surface area contributed by atoms with E-state index in [0.717, 1.165) is 16.7 Å². The first-order valence-electron chi connectivity index (χ1n) is 6.45. The molecule has 1 heterocycles. The molecule has 0 atom stereocenters. The van der Waals surface area contributed by atoms with Gasteiger partial charge in [0.1, 0.15) is 5.69 Å². The van der Waals surface area contributed by atoms with Gasteiger partial charge >= 0.3 is 6.18 Å². The van der Waals surface area contributed by atoms with Crippen molar-refractivity contribution in [2.24, 2.45) is 0 Å². The lowest BCUT2D eigenvalue weighted by atomic mass is 10.2. The van der Waals surface area contributed by atoms with E-state index in [1.54, 1.807) is 0 Å². The zero-order valence-corrected chi connectivity index (χ0v) is 12.4. The summed E-state index contributed by atoms with van der Waals surface area (Å²) in [5.41, 5.74) is -0.413. The van der Waals surface area contributed by atoms with Gasteiger partial charge in [-0.25, -0.2) is 4.98 Å². The third kappa shape index (κ3) is 4.39. The van der Waals surface area contributed by atoms with Gasteiger partial charge in [-0.2, -0.15) is 13.2 Å². The fourth-order valence-corrected chi connectivity index (χ4v) is 2.65. The zero-order chi connectivity index (χ0) is 17.0. The van der Waals surface area contributed by atoms with Crippen LogP contribution in [0.2, 0.25) is 0 Å². The van der Waals surface area contributed by atoms with Crippen LogP contribution in [0.3, 0.4) is 0 Å². The molecule has 6 nitrogen and oxygen atoms in total. The minimum atomic E-state index is -4.48. The molecule has 2 aromatic rings. The van der Waals surface area contributed by atoms with E-state index in [1.165, 1.54) is 18.2 Å². The Hall–Kier alpha value is -2.20. The standard InChI is InChI=1S/C13H12F3N3O3S/c14-13(15,16)11-7-23-12(18-11)3-4-17-9-5-8(6-20)1-2-10(9)19(21)22/h1-2,5,7,17,20H,3-4,6H2. The van der Waals surface area contributed by atoms with Gasteiger partial charge in [0.15, 0.2) is 5.69 Å². The Bertz CT molecular complexity index is 703. The average molecular weight is 347 g/mol. The molecule has 124 valence electrons. The third-order valence-corrected chi connectivity index (χ3v) is 3.85. The number of halogens is 3. The number of hydrogen-bond donors (Lipinski definition) is 2. The van der Waals surface area contributed by atoms with Crippen LogP contribution < -0.4 is 5.32 Å². The predicted molar refractivity (Wildman–Crippen MR) is 78.3 cm³/mol. The summed E-state index contributed by atoms with van der Waals surface area (Å²) in [6, 6.07) is 4.12. The number of aliphatic hydroxyl groups excluding tert-OH is 1. The second-order valence-corrected chi connectivity index (χ2v) is 5.51. The van der Waals surface area contributed by atoms with Crippen LogP contribution in [0.1, 0.15) is 16.3 Å². The highest BCUT2D eigenvalue weighted by atomic mass is 32.1. The lowest BCUT2D eigenvalue weighted by Gasteiger charge is -2.07. The monoisotopic (exact) mass is 347 g/mol. The quantitative estimate of drug-likeness (QED) is 0.619. The van der Waals surface area contributed by atoms with Gasteiger partial charge < -0.3 is 10.4 Å². The molecule has 2 N–H and O–H groups in total. The fraction of sp³-hybridized carbons (Fsp3) is 0.308.